The fourth-order valence-electron chi connectivity index (χ4n) is 1.95. The summed E-state index contributed by atoms with van der Waals surface area (Å²) >= 11 is 0. The maximum absolute atomic E-state index is 4.36. The summed E-state index contributed by atoms with van der Waals surface area (Å²) in [5.41, 5.74) is 1.23. The van der Waals surface area contributed by atoms with Gasteiger partial charge in [0.2, 0.25) is 0 Å². The van der Waals surface area contributed by atoms with E-state index in [1.807, 2.05) is 25.6 Å². The summed E-state index contributed by atoms with van der Waals surface area (Å²) in [4.78, 5) is 4.33. The Morgan fingerprint density at radius 2 is 2.22 bits per heavy atom. The van der Waals surface area contributed by atoms with Crippen molar-refractivity contribution < 1.29 is 0 Å². The summed E-state index contributed by atoms with van der Waals surface area (Å²) < 4.78 is 4.11. The zero-order valence-electron chi connectivity index (χ0n) is 11.1. The Bertz CT molecular complexity index is 471. The van der Waals surface area contributed by atoms with Crippen LogP contribution in [-0.2, 0) is 26.6 Å². The molecule has 0 aliphatic heterocycles. The summed E-state index contributed by atoms with van der Waals surface area (Å²) in [6, 6.07) is 2.07. The van der Waals surface area contributed by atoms with Crippen LogP contribution in [0.4, 0.5) is 0 Å². The Morgan fingerprint density at radius 1 is 1.33 bits per heavy atom. The minimum Gasteiger partial charge on any atom is -0.338 e. The first-order valence-corrected chi connectivity index (χ1v) is 6.49. The van der Waals surface area contributed by atoms with E-state index < -0.39 is 0 Å². The van der Waals surface area contributed by atoms with Gasteiger partial charge in [0.05, 0.1) is 5.69 Å². The van der Waals surface area contributed by atoms with Gasteiger partial charge in [0.1, 0.15) is 5.82 Å². The minimum atomic E-state index is 0.876. The van der Waals surface area contributed by atoms with Gasteiger partial charge in [-0.15, -0.1) is 0 Å². The highest BCUT2D eigenvalue weighted by molar-refractivity contribution is 5.01. The van der Waals surface area contributed by atoms with Crippen LogP contribution in [0, 0.1) is 0 Å². The standard InChI is InChI=1S/C13H21N5/c1-3-6-14-11-12-4-7-16-18(12)9-5-13-15-8-10-17(13)2/h4,7-8,10,14H,3,5-6,9,11H2,1-2H3. The van der Waals surface area contributed by atoms with E-state index in [1.165, 1.54) is 5.69 Å². The summed E-state index contributed by atoms with van der Waals surface area (Å²) in [6.45, 7) is 4.98. The molecule has 5 heteroatoms. The third kappa shape index (κ3) is 3.20. The van der Waals surface area contributed by atoms with E-state index in [9.17, 15) is 0 Å². The van der Waals surface area contributed by atoms with Crippen molar-refractivity contribution in [3.63, 3.8) is 0 Å². The third-order valence-corrected chi connectivity index (χ3v) is 3.01. The Hall–Kier alpha value is -1.62. The Kier molecular flexibility index (Phi) is 4.52. The van der Waals surface area contributed by atoms with Gasteiger partial charge in [0.25, 0.3) is 0 Å². The van der Waals surface area contributed by atoms with Crippen molar-refractivity contribution in [2.75, 3.05) is 6.54 Å². The molecule has 0 saturated heterocycles. The molecule has 1 N–H and O–H groups in total. The molecule has 0 unspecified atom stereocenters. The summed E-state index contributed by atoms with van der Waals surface area (Å²) in [6.07, 6.45) is 7.74. The second kappa shape index (κ2) is 6.35. The molecule has 5 nitrogen and oxygen atoms in total. The number of hydrogen-bond acceptors (Lipinski definition) is 3. The molecule has 0 aliphatic rings. The van der Waals surface area contributed by atoms with Crippen LogP contribution in [0.15, 0.2) is 24.7 Å². The molecule has 0 atom stereocenters. The van der Waals surface area contributed by atoms with Crippen LogP contribution in [0.2, 0.25) is 0 Å². The zero-order valence-corrected chi connectivity index (χ0v) is 11.1. The maximum Gasteiger partial charge on any atom is 0.110 e. The van der Waals surface area contributed by atoms with E-state index >= 15 is 0 Å². The largest absolute Gasteiger partial charge is 0.338 e. The first kappa shape index (κ1) is 12.8. The molecular weight excluding hydrogens is 226 g/mol. The molecule has 2 rings (SSSR count). The van der Waals surface area contributed by atoms with Crippen molar-refractivity contribution in [3.05, 3.63) is 36.2 Å². The highest BCUT2D eigenvalue weighted by Gasteiger charge is 2.04. The van der Waals surface area contributed by atoms with Gasteiger partial charge in [-0.3, -0.25) is 4.68 Å². The lowest BCUT2D eigenvalue weighted by Gasteiger charge is -2.08. The SMILES string of the molecule is CCCNCc1ccnn1CCc1nccn1C. The number of nitrogens with one attached hydrogen (secondary N) is 1. The molecule has 0 spiro atoms. The second-order valence-corrected chi connectivity index (χ2v) is 4.43. The number of aryl methyl sites for hydroxylation is 3. The number of rotatable bonds is 7. The summed E-state index contributed by atoms with van der Waals surface area (Å²) in [5, 5.41) is 7.76. The van der Waals surface area contributed by atoms with Crippen LogP contribution < -0.4 is 5.32 Å². The third-order valence-electron chi connectivity index (χ3n) is 3.01. The van der Waals surface area contributed by atoms with Crippen molar-refractivity contribution in [2.24, 2.45) is 7.05 Å². The van der Waals surface area contributed by atoms with Crippen molar-refractivity contribution >= 4 is 0 Å². The maximum atomic E-state index is 4.36. The molecule has 2 aromatic heterocycles. The van der Waals surface area contributed by atoms with E-state index in [2.05, 4.69) is 37.6 Å². The molecule has 0 amide bonds. The van der Waals surface area contributed by atoms with Crippen molar-refractivity contribution in [3.8, 4) is 0 Å². The van der Waals surface area contributed by atoms with Crippen LogP contribution in [0.3, 0.4) is 0 Å². The lowest BCUT2D eigenvalue weighted by atomic mass is 10.3. The van der Waals surface area contributed by atoms with Gasteiger partial charge >= 0.3 is 0 Å². The average Bonchev–Trinajstić information content (AvgIpc) is 2.96. The lowest BCUT2D eigenvalue weighted by Crippen LogP contribution is -2.18. The molecule has 2 heterocycles. The predicted octanol–water partition coefficient (Wildman–Crippen LogP) is 1.36. The van der Waals surface area contributed by atoms with Gasteiger partial charge in [-0.25, -0.2) is 4.98 Å². The smallest absolute Gasteiger partial charge is 0.110 e. The zero-order chi connectivity index (χ0) is 12.8. The molecule has 0 fully saturated rings. The van der Waals surface area contributed by atoms with Crippen LogP contribution in [0.25, 0.3) is 0 Å². The molecule has 0 bridgehead atoms. The Balaban J connectivity index is 1.89. The van der Waals surface area contributed by atoms with Gasteiger partial charge in [-0.1, -0.05) is 6.92 Å². The van der Waals surface area contributed by atoms with Crippen molar-refractivity contribution in [1.29, 1.82) is 0 Å². The Morgan fingerprint density at radius 3 is 2.94 bits per heavy atom. The quantitative estimate of drug-likeness (QED) is 0.752. The molecule has 0 radical (unpaired) electrons. The first-order chi connectivity index (χ1) is 8.81. The van der Waals surface area contributed by atoms with E-state index in [4.69, 9.17) is 0 Å². The second-order valence-electron chi connectivity index (χ2n) is 4.43. The molecule has 18 heavy (non-hydrogen) atoms. The van der Waals surface area contributed by atoms with E-state index in [0.29, 0.717) is 0 Å². The first-order valence-electron chi connectivity index (χ1n) is 6.49. The van der Waals surface area contributed by atoms with Crippen molar-refractivity contribution in [1.82, 2.24) is 24.6 Å². The van der Waals surface area contributed by atoms with Gasteiger partial charge in [0, 0.05) is 45.1 Å². The van der Waals surface area contributed by atoms with Gasteiger partial charge in [-0.2, -0.15) is 5.10 Å². The Labute approximate surface area is 108 Å². The highest BCUT2D eigenvalue weighted by Crippen LogP contribution is 2.02. The molecule has 0 aromatic carbocycles. The molecule has 0 saturated carbocycles. The highest BCUT2D eigenvalue weighted by atomic mass is 15.3. The minimum absolute atomic E-state index is 0.876. The van der Waals surface area contributed by atoms with Crippen LogP contribution in [0.1, 0.15) is 24.9 Å². The van der Waals surface area contributed by atoms with Gasteiger partial charge in [-0.05, 0) is 19.0 Å². The van der Waals surface area contributed by atoms with E-state index in [-0.39, 0.29) is 0 Å². The number of aromatic nitrogens is 4. The molecule has 0 aliphatic carbocycles. The van der Waals surface area contributed by atoms with E-state index in [0.717, 1.165) is 38.3 Å². The summed E-state index contributed by atoms with van der Waals surface area (Å²) in [5.74, 6) is 1.10. The molecule has 2 aromatic rings. The van der Waals surface area contributed by atoms with Crippen molar-refractivity contribution in [2.45, 2.75) is 32.9 Å². The molecular formula is C13H21N5. The fourth-order valence-corrected chi connectivity index (χ4v) is 1.95. The van der Waals surface area contributed by atoms with Crippen LogP contribution >= 0.6 is 0 Å². The number of hydrogen-bond donors (Lipinski definition) is 1. The fraction of sp³-hybridized carbons (Fsp3) is 0.538. The lowest BCUT2D eigenvalue weighted by molar-refractivity contribution is 0.543. The molecule has 98 valence electrons. The monoisotopic (exact) mass is 247 g/mol. The summed E-state index contributed by atoms with van der Waals surface area (Å²) in [7, 11) is 2.02. The topological polar surface area (TPSA) is 47.7 Å². The van der Waals surface area contributed by atoms with E-state index in [1.54, 1.807) is 0 Å². The van der Waals surface area contributed by atoms with Crippen LogP contribution in [0.5, 0.6) is 0 Å². The number of nitrogens with zero attached hydrogens (tertiary/aromatic N) is 4. The average molecular weight is 247 g/mol. The normalized spacial score (nSPS) is 11.0. The van der Waals surface area contributed by atoms with Gasteiger partial charge in [0.15, 0.2) is 0 Å². The van der Waals surface area contributed by atoms with Gasteiger partial charge < -0.3 is 9.88 Å². The number of imidazole rings is 1. The predicted molar refractivity (Wildman–Crippen MR) is 71.1 cm³/mol. The van der Waals surface area contributed by atoms with Crippen LogP contribution in [-0.4, -0.2) is 25.9 Å².